The van der Waals surface area contributed by atoms with E-state index in [-0.39, 0.29) is 0 Å². The minimum absolute atomic E-state index is 0.307. The molecule has 1 aromatic heterocycles. The van der Waals surface area contributed by atoms with E-state index in [0.717, 1.165) is 49.9 Å². The highest BCUT2D eigenvalue weighted by atomic mass is 32.1. The number of hydrogen-bond acceptors (Lipinski definition) is 4. The Balaban J connectivity index is 1.82. The number of aryl methyl sites for hydroxylation is 1. The second-order valence-corrected chi connectivity index (χ2v) is 7.35. The SMILES string of the molecule is CCNC(=NCc1ncc(C)s1)NCCC(CC)N1CCCC1=O. The number of carbonyl (C=O) groups excluding carboxylic acids is 1. The summed E-state index contributed by atoms with van der Waals surface area (Å²) in [5.74, 6) is 1.12. The Morgan fingerprint density at radius 1 is 1.46 bits per heavy atom. The zero-order chi connectivity index (χ0) is 17.4. The summed E-state index contributed by atoms with van der Waals surface area (Å²) in [6.07, 6.45) is 5.54. The summed E-state index contributed by atoms with van der Waals surface area (Å²) in [6.45, 7) is 9.40. The van der Waals surface area contributed by atoms with E-state index in [1.54, 1.807) is 11.3 Å². The molecule has 7 heteroatoms. The number of thiazole rings is 1. The minimum Gasteiger partial charge on any atom is -0.357 e. The highest BCUT2D eigenvalue weighted by Gasteiger charge is 2.26. The van der Waals surface area contributed by atoms with Crippen LogP contribution in [0.15, 0.2) is 11.2 Å². The van der Waals surface area contributed by atoms with Gasteiger partial charge >= 0.3 is 0 Å². The first-order chi connectivity index (χ1) is 11.6. The third-order valence-electron chi connectivity index (χ3n) is 4.18. The molecule has 0 aliphatic carbocycles. The maximum absolute atomic E-state index is 11.9. The van der Waals surface area contributed by atoms with E-state index >= 15 is 0 Å². The van der Waals surface area contributed by atoms with Crippen LogP contribution in [0.3, 0.4) is 0 Å². The van der Waals surface area contributed by atoms with Gasteiger partial charge in [0, 0.05) is 43.2 Å². The van der Waals surface area contributed by atoms with Crippen LogP contribution in [-0.2, 0) is 11.3 Å². The van der Waals surface area contributed by atoms with Crippen molar-refractivity contribution in [2.75, 3.05) is 19.6 Å². The third-order valence-corrected chi connectivity index (χ3v) is 5.08. The normalized spacial score (nSPS) is 16.5. The number of nitrogens with zero attached hydrogens (tertiary/aromatic N) is 3. The molecule has 1 aliphatic heterocycles. The Morgan fingerprint density at radius 3 is 2.88 bits per heavy atom. The smallest absolute Gasteiger partial charge is 0.222 e. The first-order valence-electron chi connectivity index (χ1n) is 8.87. The molecular formula is C17H29N5OS. The van der Waals surface area contributed by atoms with Crippen LogP contribution in [-0.4, -0.2) is 47.4 Å². The van der Waals surface area contributed by atoms with Crippen LogP contribution in [0.1, 0.15) is 49.4 Å². The Kier molecular flexibility index (Phi) is 7.49. The van der Waals surface area contributed by atoms with E-state index in [9.17, 15) is 4.79 Å². The summed E-state index contributed by atoms with van der Waals surface area (Å²) in [5, 5.41) is 7.67. The zero-order valence-corrected chi connectivity index (χ0v) is 15.8. The van der Waals surface area contributed by atoms with Crippen molar-refractivity contribution in [1.29, 1.82) is 0 Å². The molecular weight excluding hydrogens is 322 g/mol. The van der Waals surface area contributed by atoms with E-state index in [4.69, 9.17) is 0 Å². The molecule has 0 bridgehead atoms. The molecule has 1 aliphatic rings. The number of likely N-dealkylation sites (tertiary alicyclic amines) is 1. The van der Waals surface area contributed by atoms with Crippen molar-refractivity contribution >= 4 is 23.2 Å². The molecule has 2 heterocycles. The fourth-order valence-corrected chi connectivity index (χ4v) is 3.67. The number of nitrogens with one attached hydrogen (secondary N) is 2. The van der Waals surface area contributed by atoms with Crippen molar-refractivity contribution in [3.8, 4) is 0 Å². The zero-order valence-electron chi connectivity index (χ0n) is 15.0. The van der Waals surface area contributed by atoms with Gasteiger partial charge in [-0.3, -0.25) is 4.79 Å². The first-order valence-corrected chi connectivity index (χ1v) is 9.68. The number of rotatable bonds is 8. The Morgan fingerprint density at radius 2 is 2.29 bits per heavy atom. The van der Waals surface area contributed by atoms with Crippen LogP contribution in [0, 0.1) is 6.92 Å². The van der Waals surface area contributed by atoms with E-state index in [1.807, 2.05) is 11.1 Å². The highest BCUT2D eigenvalue weighted by molar-refractivity contribution is 7.11. The van der Waals surface area contributed by atoms with Gasteiger partial charge < -0.3 is 15.5 Å². The molecule has 2 N–H and O–H groups in total. The standard InChI is InChI=1S/C17H29N5OS/c1-4-14(22-10-6-7-16(22)23)8-9-19-17(18-5-2)21-12-15-20-11-13(3)24-15/h11,14H,4-10,12H2,1-3H3,(H2,18,19,21). The molecule has 0 saturated carbocycles. The van der Waals surface area contributed by atoms with Crippen LogP contribution in [0.4, 0.5) is 0 Å². The van der Waals surface area contributed by atoms with Gasteiger partial charge in [-0.15, -0.1) is 11.3 Å². The fourth-order valence-electron chi connectivity index (χ4n) is 2.96. The molecule has 2 rings (SSSR count). The van der Waals surface area contributed by atoms with Gasteiger partial charge in [0.05, 0.1) is 6.54 Å². The maximum Gasteiger partial charge on any atom is 0.222 e. The minimum atomic E-state index is 0.307. The average Bonchev–Trinajstić information content (AvgIpc) is 3.17. The quantitative estimate of drug-likeness (QED) is 0.557. The van der Waals surface area contributed by atoms with E-state index < -0.39 is 0 Å². The van der Waals surface area contributed by atoms with Gasteiger partial charge in [0.15, 0.2) is 5.96 Å². The predicted molar refractivity (Wildman–Crippen MR) is 99.3 cm³/mol. The van der Waals surface area contributed by atoms with Crippen molar-refractivity contribution in [3.63, 3.8) is 0 Å². The lowest BCUT2D eigenvalue weighted by Crippen LogP contribution is -2.42. The molecule has 1 aromatic rings. The summed E-state index contributed by atoms with van der Waals surface area (Å²) in [4.78, 5) is 24.1. The number of guanidine groups is 1. The lowest BCUT2D eigenvalue weighted by molar-refractivity contribution is -0.129. The maximum atomic E-state index is 11.9. The van der Waals surface area contributed by atoms with Crippen LogP contribution in [0.25, 0.3) is 0 Å². The highest BCUT2D eigenvalue weighted by Crippen LogP contribution is 2.17. The molecule has 0 radical (unpaired) electrons. The van der Waals surface area contributed by atoms with E-state index in [1.165, 1.54) is 4.88 Å². The molecule has 6 nitrogen and oxygen atoms in total. The fraction of sp³-hybridized carbons (Fsp3) is 0.706. The van der Waals surface area contributed by atoms with Crippen molar-refractivity contribution in [2.45, 2.75) is 59.0 Å². The van der Waals surface area contributed by atoms with Gasteiger partial charge in [-0.05, 0) is 33.1 Å². The molecule has 134 valence electrons. The Labute approximate surface area is 148 Å². The van der Waals surface area contributed by atoms with E-state index in [0.29, 0.717) is 24.9 Å². The summed E-state index contributed by atoms with van der Waals surface area (Å²) < 4.78 is 0. The molecule has 1 fully saturated rings. The average molecular weight is 352 g/mol. The lowest BCUT2D eigenvalue weighted by atomic mass is 10.1. The number of aromatic nitrogens is 1. The second-order valence-electron chi connectivity index (χ2n) is 6.03. The summed E-state index contributed by atoms with van der Waals surface area (Å²) >= 11 is 1.68. The third kappa shape index (κ3) is 5.47. The number of aliphatic imine (C=N–C) groups is 1. The predicted octanol–water partition coefficient (Wildman–Crippen LogP) is 2.30. The van der Waals surface area contributed by atoms with Gasteiger partial charge in [-0.25, -0.2) is 9.98 Å². The van der Waals surface area contributed by atoms with Gasteiger partial charge in [0.2, 0.25) is 5.91 Å². The van der Waals surface area contributed by atoms with Crippen LogP contribution in [0.5, 0.6) is 0 Å². The van der Waals surface area contributed by atoms with Gasteiger partial charge in [0.25, 0.3) is 0 Å². The van der Waals surface area contributed by atoms with Crippen LogP contribution in [0.2, 0.25) is 0 Å². The Hall–Kier alpha value is -1.63. The molecule has 0 spiro atoms. The summed E-state index contributed by atoms with van der Waals surface area (Å²) in [6, 6.07) is 0.331. The molecule has 1 saturated heterocycles. The second kappa shape index (κ2) is 9.61. The monoisotopic (exact) mass is 351 g/mol. The molecule has 0 aromatic carbocycles. The molecule has 24 heavy (non-hydrogen) atoms. The van der Waals surface area contributed by atoms with Gasteiger partial charge in [-0.2, -0.15) is 0 Å². The first kappa shape index (κ1) is 18.7. The number of carbonyl (C=O) groups is 1. The van der Waals surface area contributed by atoms with Crippen LogP contribution < -0.4 is 10.6 Å². The number of hydrogen-bond donors (Lipinski definition) is 2. The van der Waals surface area contributed by atoms with Gasteiger partial charge in [0.1, 0.15) is 5.01 Å². The van der Waals surface area contributed by atoms with Crippen molar-refractivity contribution in [3.05, 3.63) is 16.1 Å². The van der Waals surface area contributed by atoms with Crippen molar-refractivity contribution in [1.82, 2.24) is 20.5 Å². The topological polar surface area (TPSA) is 69.6 Å². The molecule has 1 unspecified atom stereocenters. The molecule has 1 atom stereocenters. The largest absolute Gasteiger partial charge is 0.357 e. The summed E-state index contributed by atoms with van der Waals surface area (Å²) in [5.41, 5.74) is 0. The van der Waals surface area contributed by atoms with Crippen molar-refractivity contribution < 1.29 is 4.79 Å². The Bertz CT molecular complexity index is 557. The van der Waals surface area contributed by atoms with Crippen molar-refractivity contribution in [2.24, 2.45) is 4.99 Å². The number of amides is 1. The van der Waals surface area contributed by atoms with Gasteiger partial charge in [-0.1, -0.05) is 6.92 Å². The lowest BCUT2D eigenvalue weighted by Gasteiger charge is -2.27. The summed E-state index contributed by atoms with van der Waals surface area (Å²) in [7, 11) is 0. The molecule has 1 amide bonds. The van der Waals surface area contributed by atoms with E-state index in [2.05, 4.69) is 41.4 Å². The van der Waals surface area contributed by atoms with Crippen LogP contribution >= 0.6 is 11.3 Å².